The number of halogens is 2. The van der Waals surface area contributed by atoms with Gasteiger partial charge in [0.05, 0.1) is 28.5 Å². The van der Waals surface area contributed by atoms with E-state index in [4.69, 9.17) is 38.1 Å². The third-order valence-electron chi connectivity index (χ3n) is 3.29. The standard InChI is InChI=1S/C16H12Cl2N2O3/c1-22-13-4-2-3-8-5-14(23-15(8)13)16(21)20-12-7-10(18)9(17)6-11(12)19/h2-7H,19H2,1H3,(H,20,21). The van der Waals surface area contributed by atoms with E-state index in [0.29, 0.717) is 32.8 Å². The SMILES string of the molecule is COc1cccc2cc(C(=O)Nc3cc(Cl)c(Cl)cc3N)oc12. The fourth-order valence-electron chi connectivity index (χ4n) is 2.16. The summed E-state index contributed by atoms with van der Waals surface area (Å²) in [7, 11) is 1.54. The van der Waals surface area contributed by atoms with E-state index < -0.39 is 5.91 Å². The summed E-state index contributed by atoms with van der Waals surface area (Å²) in [6.45, 7) is 0. The highest BCUT2D eigenvalue weighted by atomic mass is 35.5. The maximum Gasteiger partial charge on any atom is 0.291 e. The molecule has 0 fully saturated rings. The van der Waals surface area contributed by atoms with Gasteiger partial charge in [0, 0.05) is 5.39 Å². The summed E-state index contributed by atoms with van der Waals surface area (Å²) in [5.74, 6) is 0.235. The molecule has 23 heavy (non-hydrogen) atoms. The number of carbonyl (C=O) groups excluding carboxylic acids is 1. The molecule has 1 heterocycles. The van der Waals surface area contributed by atoms with Crippen LogP contribution in [0, 0.1) is 0 Å². The quantitative estimate of drug-likeness (QED) is 0.677. The molecule has 0 saturated carbocycles. The molecule has 3 N–H and O–H groups in total. The fourth-order valence-corrected chi connectivity index (χ4v) is 2.50. The van der Waals surface area contributed by atoms with Gasteiger partial charge in [0.2, 0.25) is 0 Å². The topological polar surface area (TPSA) is 77.5 Å². The number of anilines is 2. The van der Waals surface area contributed by atoms with Crippen LogP contribution in [0.25, 0.3) is 11.0 Å². The molecule has 0 radical (unpaired) electrons. The van der Waals surface area contributed by atoms with Crippen LogP contribution in [0.15, 0.2) is 40.8 Å². The van der Waals surface area contributed by atoms with Gasteiger partial charge in [0.15, 0.2) is 17.1 Å². The first-order valence-corrected chi connectivity index (χ1v) is 7.37. The average molecular weight is 351 g/mol. The van der Waals surface area contributed by atoms with Crippen molar-refractivity contribution < 1.29 is 13.9 Å². The number of fused-ring (bicyclic) bond motifs is 1. The predicted octanol–water partition coefficient (Wildman–Crippen LogP) is 4.58. The molecular formula is C16H12Cl2N2O3. The Bertz CT molecular complexity index is 906. The van der Waals surface area contributed by atoms with Crippen molar-refractivity contribution in [1.82, 2.24) is 0 Å². The zero-order valence-corrected chi connectivity index (χ0v) is 13.5. The number of carbonyl (C=O) groups is 1. The highest BCUT2D eigenvalue weighted by molar-refractivity contribution is 6.42. The molecule has 0 bridgehead atoms. The van der Waals surface area contributed by atoms with Crippen molar-refractivity contribution in [2.75, 3.05) is 18.2 Å². The lowest BCUT2D eigenvalue weighted by Gasteiger charge is -2.08. The summed E-state index contributed by atoms with van der Waals surface area (Å²) in [5, 5.41) is 4.02. The van der Waals surface area contributed by atoms with Crippen LogP contribution in [0.3, 0.4) is 0 Å². The Balaban J connectivity index is 1.94. The third-order valence-corrected chi connectivity index (χ3v) is 4.01. The first-order chi connectivity index (χ1) is 11.0. The average Bonchev–Trinajstić information content (AvgIpc) is 2.96. The van der Waals surface area contributed by atoms with Gasteiger partial charge >= 0.3 is 0 Å². The number of nitrogens with two attached hydrogens (primary N) is 1. The molecule has 3 aromatic rings. The van der Waals surface area contributed by atoms with E-state index in [2.05, 4.69) is 5.32 Å². The number of hydrogen-bond donors (Lipinski definition) is 2. The van der Waals surface area contributed by atoms with Crippen LogP contribution in [0.5, 0.6) is 5.75 Å². The summed E-state index contributed by atoms with van der Waals surface area (Å²) in [4.78, 5) is 12.4. The zero-order chi connectivity index (χ0) is 16.6. The summed E-state index contributed by atoms with van der Waals surface area (Å²) in [6, 6.07) is 9.98. The smallest absolute Gasteiger partial charge is 0.291 e. The number of hydrogen-bond acceptors (Lipinski definition) is 4. The minimum atomic E-state index is -0.451. The number of amides is 1. The molecule has 7 heteroatoms. The molecule has 0 aliphatic heterocycles. The Hall–Kier alpha value is -2.37. The van der Waals surface area contributed by atoms with Gasteiger partial charge in [-0.1, -0.05) is 35.3 Å². The number of para-hydroxylation sites is 1. The Morgan fingerprint density at radius 1 is 1.22 bits per heavy atom. The van der Waals surface area contributed by atoms with Crippen molar-refractivity contribution in [3.05, 3.63) is 52.2 Å². The highest BCUT2D eigenvalue weighted by Crippen LogP contribution is 2.32. The lowest BCUT2D eigenvalue weighted by atomic mass is 10.2. The summed E-state index contributed by atoms with van der Waals surface area (Å²) in [6.07, 6.45) is 0. The van der Waals surface area contributed by atoms with E-state index in [9.17, 15) is 4.79 Å². The Labute approximate surface area is 141 Å². The van der Waals surface area contributed by atoms with Crippen LogP contribution in [-0.2, 0) is 0 Å². The first-order valence-electron chi connectivity index (χ1n) is 6.62. The molecule has 1 aromatic heterocycles. The van der Waals surface area contributed by atoms with Crippen LogP contribution >= 0.6 is 23.2 Å². The van der Waals surface area contributed by atoms with Gasteiger partial charge in [-0.05, 0) is 24.3 Å². The second-order valence-corrected chi connectivity index (χ2v) is 5.61. The lowest BCUT2D eigenvalue weighted by Crippen LogP contribution is -2.12. The van der Waals surface area contributed by atoms with Gasteiger partial charge in [0.1, 0.15) is 0 Å². The maximum atomic E-state index is 12.4. The van der Waals surface area contributed by atoms with Crippen LogP contribution in [0.2, 0.25) is 10.0 Å². The van der Waals surface area contributed by atoms with Crippen molar-refractivity contribution in [2.45, 2.75) is 0 Å². The minimum Gasteiger partial charge on any atom is -0.493 e. The number of furan rings is 1. The molecule has 118 valence electrons. The molecule has 0 aliphatic carbocycles. The normalized spacial score (nSPS) is 10.7. The van der Waals surface area contributed by atoms with Crippen LogP contribution in [0.4, 0.5) is 11.4 Å². The minimum absolute atomic E-state index is 0.134. The second-order valence-electron chi connectivity index (χ2n) is 4.80. The molecule has 0 atom stereocenters. The summed E-state index contributed by atoms with van der Waals surface area (Å²) < 4.78 is 10.8. The van der Waals surface area contributed by atoms with Crippen LogP contribution in [0.1, 0.15) is 10.6 Å². The number of ether oxygens (including phenoxy) is 1. The van der Waals surface area contributed by atoms with Gasteiger partial charge in [-0.2, -0.15) is 0 Å². The molecule has 0 unspecified atom stereocenters. The van der Waals surface area contributed by atoms with E-state index in [-0.39, 0.29) is 5.76 Å². The van der Waals surface area contributed by atoms with E-state index in [1.165, 1.54) is 19.2 Å². The molecule has 5 nitrogen and oxygen atoms in total. The van der Waals surface area contributed by atoms with Gasteiger partial charge in [0.25, 0.3) is 5.91 Å². The third kappa shape index (κ3) is 2.93. The van der Waals surface area contributed by atoms with E-state index >= 15 is 0 Å². The number of nitrogen functional groups attached to an aromatic ring is 1. The fraction of sp³-hybridized carbons (Fsp3) is 0.0625. The number of benzene rings is 2. The maximum absolute atomic E-state index is 12.4. The number of methoxy groups -OCH3 is 1. The van der Waals surface area contributed by atoms with Gasteiger partial charge in [-0.3, -0.25) is 4.79 Å². The Kier molecular flexibility index (Phi) is 4.07. The van der Waals surface area contributed by atoms with Gasteiger partial charge in [-0.25, -0.2) is 0 Å². The molecule has 1 amide bonds. The van der Waals surface area contributed by atoms with Gasteiger partial charge in [-0.15, -0.1) is 0 Å². The van der Waals surface area contributed by atoms with E-state index in [0.717, 1.165) is 5.39 Å². The molecule has 2 aromatic carbocycles. The Morgan fingerprint density at radius 3 is 2.70 bits per heavy atom. The highest BCUT2D eigenvalue weighted by Gasteiger charge is 2.16. The lowest BCUT2D eigenvalue weighted by molar-refractivity contribution is 0.0998. The van der Waals surface area contributed by atoms with Crippen molar-refractivity contribution in [3.8, 4) is 5.75 Å². The molecule has 0 spiro atoms. The second kappa shape index (κ2) is 6.02. The van der Waals surface area contributed by atoms with Crippen LogP contribution in [-0.4, -0.2) is 13.0 Å². The molecule has 3 rings (SSSR count). The monoisotopic (exact) mass is 350 g/mol. The van der Waals surface area contributed by atoms with Gasteiger partial charge < -0.3 is 20.2 Å². The molecular weight excluding hydrogens is 339 g/mol. The Morgan fingerprint density at radius 2 is 1.96 bits per heavy atom. The molecule has 0 saturated heterocycles. The molecule has 0 aliphatic rings. The van der Waals surface area contributed by atoms with Crippen LogP contribution < -0.4 is 15.8 Å². The van der Waals surface area contributed by atoms with Crippen molar-refractivity contribution in [3.63, 3.8) is 0 Å². The largest absolute Gasteiger partial charge is 0.493 e. The number of nitrogens with one attached hydrogen (secondary N) is 1. The van der Waals surface area contributed by atoms with Crippen molar-refractivity contribution in [1.29, 1.82) is 0 Å². The summed E-state index contributed by atoms with van der Waals surface area (Å²) in [5.41, 5.74) is 7.00. The van der Waals surface area contributed by atoms with Crippen molar-refractivity contribution in [2.24, 2.45) is 0 Å². The zero-order valence-electron chi connectivity index (χ0n) is 12.0. The van der Waals surface area contributed by atoms with E-state index in [1.807, 2.05) is 12.1 Å². The summed E-state index contributed by atoms with van der Waals surface area (Å²) >= 11 is 11.8. The predicted molar refractivity (Wildman–Crippen MR) is 91.6 cm³/mol. The van der Waals surface area contributed by atoms with E-state index in [1.54, 1.807) is 12.1 Å². The first kappa shape index (κ1) is 15.5. The number of rotatable bonds is 3. The van der Waals surface area contributed by atoms with Crippen molar-refractivity contribution >= 4 is 51.5 Å².